The van der Waals surface area contributed by atoms with E-state index >= 15 is 0 Å². The summed E-state index contributed by atoms with van der Waals surface area (Å²) in [6, 6.07) is 0. The number of nitrogens with two attached hydrogens (primary N) is 1. The predicted octanol–water partition coefficient (Wildman–Crippen LogP) is 2.69. The Hall–Kier alpha value is 0.250. The first-order valence-corrected chi connectivity index (χ1v) is 4.70. The summed E-state index contributed by atoms with van der Waals surface area (Å²) in [5, 5.41) is 0. The minimum absolute atomic E-state index is 0. The first-order chi connectivity index (χ1) is 5.00. The second kappa shape index (κ2) is 3.97. The van der Waals surface area contributed by atoms with Crippen molar-refractivity contribution in [3.63, 3.8) is 0 Å². The highest BCUT2D eigenvalue weighted by Gasteiger charge is 2.55. The largest absolute Gasteiger partial charge is 0.330 e. The van der Waals surface area contributed by atoms with Crippen LogP contribution in [0.2, 0.25) is 0 Å². The molecule has 0 aromatic carbocycles. The van der Waals surface area contributed by atoms with E-state index in [0.29, 0.717) is 5.41 Å². The van der Waals surface area contributed by atoms with Crippen LogP contribution in [0.4, 0.5) is 0 Å². The molecule has 2 heteroatoms. The van der Waals surface area contributed by atoms with Gasteiger partial charge in [0, 0.05) is 0 Å². The van der Waals surface area contributed by atoms with Crippen molar-refractivity contribution in [3.05, 3.63) is 0 Å². The zero-order valence-corrected chi connectivity index (χ0v) is 9.45. The molecule has 74 valence electrons. The quantitative estimate of drug-likeness (QED) is 0.730. The molecule has 12 heavy (non-hydrogen) atoms. The fourth-order valence-corrected chi connectivity index (χ4v) is 2.30. The highest BCUT2D eigenvalue weighted by atomic mass is 35.5. The number of halogens is 1. The van der Waals surface area contributed by atoms with Gasteiger partial charge in [0.15, 0.2) is 0 Å². The number of hydrogen-bond acceptors (Lipinski definition) is 1. The van der Waals surface area contributed by atoms with E-state index in [1.54, 1.807) is 0 Å². The van der Waals surface area contributed by atoms with Crippen molar-refractivity contribution in [1.29, 1.82) is 0 Å². The topological polar surface area (TPSA) is 26.0 Å². The third-order valence-corrected chi connectivity index (χ3v) is 3.27. The molecule has 0 heterocycles. The van der Waals surface area contributed by atoms with Crippen molar-refractivity contribution >= 4 is 12.4 Å². The van der Waals surface area contributed by atoms with Gasteiger partial charge in [0.2, 0.25) is 0 Å². The molecular formula is C10H22ClN. The SMILES string of the molecule is CC(C)CC1C(CN)C1(C)C.Cl. The summed E-state index contributed by atoms with van der Waals surface area (Å²) in [7, 11) is 0. The van der Waals surface area contributed by atoms with E-state index in [1.165, 1.54) is 6.42 Å². The van der Waals surface area contributed by atoms with Crippen LogP contribution >= 0.6 is 12.4 Å². The first kappa shape index (κ1) is 12.2. The Morgan fingerprint density at radius 3 is 2.00 bits per heavy atom. The molecule has 0 saturated heterocycles. The zero-order chi connectivity index (χ0) is 8.65. The molecule has 0 amide bonds. The van der Waals surface area contributed by atoms with E-state index in [4.69, 9.17) is 5.73 Å². The molecule has 1 nitrogen and oxygen atoms in total. The predicted molar refractivity (Wildman–Crippen MR) is 56.5 cm³/mol. The Balaban J connectivity index is 0.00000121. The van der Waals surface area contributed by atoms with Gasteiger partial charge >= 0.3 is 0 Å². The molecule has 0 aromatic heterocycles. The minimum Gasteiger partial charge on any atom is -0.330 e. The Morgan fingerprint density at radius 2 is 1.75 bits per heavy atom. The lowest BCUT2D eigenvalue weighted by molar-refractivity contribution is 0.462. The summed E-state index contributed by atoms with van der Waals surface area (Å²) < 4.78 is 0. The number of hydrogen-bond donors (Lipinski definition) is 1. The van der Waals surface area contributed by atoms with E-state index in [9.17, 15) is 0 Å². The molecule has 2 N–H and O–H groups in total. The Kier molecular flexibility index (Phi) is 4.05. The molecule has 1 fully saturated rings. The van der Waals surface area contributed by atoms with Crippen molar-refractivity contribution in [2.75, 3.05) is 6.54 Å². The van der Waals surface area contributed by atoms with Crippen molar-refractivity contribution in [3.8, 4) is 0 Å². The van der Waals surface area contributed by atoms with Gasteiger partial charge in [0.1, 0.15) is 0 Å². The van der Waals surface area contributed by atoms with Crippen LogP contribution in [0.1, 0.15) is 34.1 Å². The maximum atomic E-state index is 5.68. The van der Waals surface area contributed by atoms with Crippen molar-refractivity contribution in [2.24, 2.45) is 28.9 Å². The van der Waals surface area contributed by atoms with Crippen molar-refractivity contribution in [2.45, 2.75) is 34.1 Å². The van der Waals surface area contributed by atoms with Gasteiger partial charge < -0.3 is 5.73 Å². The molecule has 2 unspecified atom stereocenters. The van der Waals surface area contributed by atoms with Gasteiger partial charge in [-0.25, -0.2) is 0 Å². The first-order valence-electron chi connectivity index (χ1n) is 4.70. The highest BCUT2D eigenvalue weighted by Crippen LogP contribution is 2.60. The fraction of sp³-hybridized carbons (Fsp3) is 1.00. The lowest BCUT2D eigenvalue weighted by atomic mass is 10.0. The summed E-state index contributed by atoms with van der Waals surface area (Å²) in [6.07, 6.45) is 1.36. The lowest BCUT2D eigenvalue weighted by Gasteiger charge is -2.04. The lowest BCUT2D eigenvalue weighted by Crippen LogP contribution is -2.05. The normalized spacial score (nSPS) is 31.5. The van der Waals surface area contributed by atoms with Gasteiger partial charge in [0.05, 0.1) is 0 Å². The summed E-state index contributed by atoms with van der Waals surface area (Å²) in [4.78, 5) is 0. The molecule has 1 saturated carbocycles. The second-order valence-electron chi connectivity index (χ2n) is 4.90. The zero-order valence-electron chi connectivity index (χ0n) is 8.63. The van der Waals surface area contributed by atoms with Gasteiger partial charge in [-0.1, -0.05) is 27.7 Å². The molecule has 1 aliphatic rings. The molecule has 1 aliphatic carbocycles. The van der Waals surface area contributed by atoms with Crippen LogP contribution < -0.4 is 5.73 Å². The molecule has 0 spiro atoms. The van der Waals surface area contributed by atoms with Crippen LogP contribution in [0.5, 0.6) is 0 Å². The maximum absolute atomic E-state index is 5.68. The van der Waals surface area contributed by atoms with Crippen LogP contribution in [-0.2, 0) is 0 Å². The van der Waals surface area contributed by atoms with E-state index in [0.717, 1.165) is 24.3 Å². The van der Waals surface area contributed by atoms with Crippen LogP contribution in [0, 0.1) is 23.2 Å². The number of rotatable bonds is 3. The van der Waals surface area contributed by atoms with E-state index < -0.39 is 0 Å². The molecule has 0 bridgehead atoms. The standard InChI is InChI=1S/C10H21N.ClH/c1-7(2)5-8-9(6-11)10(8,3)4;/h7-9H,5-6,11H2,1-4H3;1H. The van der Waals surface area contributed by atoms with Gasteiger partial charge in [-0.3, -0.25) is 0 Å². The van der Waals surface area contributed by atoms with E-state index in [2.05, 4.69) is 27.7 Å². The van der Waals surface area contributed by atoms with Gasteiger partial charge in [-0.2, -0.15) is 0 Å². The van der Waals surface area contributed by atoms with E-state index in [-0.39, 0.29) is 12.4 Å². The Bertz CT molecular complexity index is 143. The fourth-order valence-electron chi connectivity index (χ4n) is 2.30. The summed E-state index contributed by atoms with van der Waals surface area (Å²) in [5.74, 6) is 2.52. The summed E-state index contributed by atoms with van der Waals surface area (Å²) >= 11 is 0. The Morgan fingerprint density at radius 1 is 1.25 bits per heavy atom. The molecule has 0 aromatic rings. The summed E-state index contributed by atoms with van der Waals surface area (Å²) in [6.45, 7) is 10.2. The minimum atomic E-state index is 0. The van der Waals surface area contributed by atoms with Crippen LogP contribution in [0.25, 0.3) is 0 Å². The molecule has 1 rings (SSSR count). The summed E-state index contributed by atoms with van der Waals surface area (Å²) in [5.41, 5.74) is 6.22. The van der Waals surface area contributed by atoms with Gasteiger partial charge in [-0.15, -0.1) is 12.4 Å². The van der Waals surface area contributed by atoms with E-state index in [1.807, 2.05) is 0 Å². The monoisotopic (exact) mass is 191 g/mol. The maximum Gasteiger partial charge on any atom is -0.00408 e. The average molecular weight is 192 g/mol. The smallest absolute Gasteiger partial charge is 0.00408 e. The van der Waals surface area contributed by atoms with Gasteiger partial charge in [-0.05, 0) is 36.1 Å². The van der Waals surface area contributed by atoms with Crippen molar-refractivity contribution in [1.82, 2.24) is 0 Å². The molecular weight excluding hydrogens is 170 g/mol. The third-order valence-electron chi connectivity index (χ3n) is 3.27. The van der Waals surface area contributed by atoms with Crippen LogP contribution in [0.3, 0.4) is 0 Å². The molecule has 2 atom stereocenters. The third kappa shape index (κ3) is 2.14. The molecule has 0 aliphatic heterocycles. The van der Waals surface area contributed by atoms with Crippen LogP contribution in [0.15, 0.2) is 0 Å². The highest BCUT2D eigenvalue weighted by molar-refractivity contribution is 5.85. The van der Waals surface area contributed by atoms with Crippen molar-refractivity contribution < 1.29 is 0 Å². The molecule has 0 radical (unpaired) electrons. The Labute approximate surface area is 82.5 Å². The van der Waals surface area contributed by atoms with Crippen LogP contribution in [-0.4, -0.2) is 6.54 Å². The van der Waals surface area contributed by atoms with Gasteiger partial charge in [0.25, 0.3) is 0 Å². The average Bonchev–Trinajstić information content (AvgIpc) is 2.33. The second-order valence-corrected chi connectivity index (χ2v) is 4.90.